The number of nitrogens with zero attached hydrogens (tertiary/aromatic N) is 1. The van der Waals surface area contributed by atoms with E-state index in [-0.39, 0.29) is 43.8 Å². The summed E-state index contributed by atoms with van der Waals surface area (Å²) in [5, 5.41) is 5.15. The number of primary amides is 1. The second-order valence-electron chi connectivity index (χ2n) is 7.03. The maximum absolute atomic E-state index is 12.3. The molecule has 9 heteroatoms. The zero-order valence-corrected chi connectivity index (χ0v) is 16.7. The van der Waals surface area contributed by atoms with Gasteiger partial charge in [0.25, 0.3) is 17.7 Å². The first-order valence-electron chi connectivity index (χ1n) is 9.74. The average molecular weight is 422 g/mol. The fraction of sp³-hybridized carbons (Fsp3) is 0.227. The number of nitrogens with one attached hydrogen (secondary N) is 2. The van der Waals surface area contributed by atoms with E-state index in [2.05, 4.69) is 10.6 Å². The molecule has 1 heterocycles. The van der Waals surface area contributed by atoms with E-state index in [9.17, 15) is 24.0 Å². The summed E-state index contributed by atoms with van der Waals surface area (Å²) in [6.45, 7) is 0.210. The molecule has 31 heavy (non-hydrogen) atoms. The van der Waals surface area contributed by atoms with Crippen LogP contribution in [0.5, 0.6) is 0 Å². The Morgan fingerprint density at radius 1 is 0.871 bits per heavy atom. The zero-order chi connectivity index (χ0) is 22.4. The summed E-state index contributed by atoms with van der Waals surface area (Å²) >= 11 is 0. The standard InChI is InChI=1S/C22H22N4O5/c23-18(27)13-25-20(29)15-9-7-14(8-10-15)12-24-19(28)6-3-11-26-21(30)16-4-1-2-5-17(16)22(26)31/h1-2,4-5,7-10H,3,6,11-13H2,(H2,23,27)(H,24,28)(H,25,29). The molecule has 4 N–H and O–H groups in total. The number of nitrogens with two attached hydrogens (primary N) is 1. The van der Waals surface area contributed by atoms with Crippen LogP contribution in [0.3, 0.4) is 0 Å². The van der Waals surface area contributed by atoms with E-state index in [4.69, 9.17) is 5.73 Å². The monoisotopic (exact) mass is 422 g/mol. The molecule has 3 rings (SSSR count). The highest BCUT2D eigenvalue weighted by Gasteiger charge is 2.34. The molecule has 0 spiro atoms. The lowest BCUT2D eigenvalue weighted by molar-refractivity contribution is -0.121. The van der Waals surface area contributed by atoms with Crippen LogP contribution in [0.2, 0.25) is 0 Å². The van der Waals surface area contributed by atoms with Gasteiger partial charge < -0.3 is 16.4 Å². The van der Waals surface area contributed by atoms with Gasteiger partial charge in [-0.1, -0.05) is 24.3 Å². The Morgan fingerprint density at radius 2 is 1.48 bits per heavy atom. The van der Waals surface area contributed by atoms with Crippen LogP contribution in [0.15, 0.2) is 48.5 Å². The van der Waals surface area contributed by atoms with E-state index in [1.54, 1.807) is 48.5 Å². The molecule has 0 atom stereocenters. The van der Waals surface area contributed by atoms with Gasteiger partial charge in [0.15, 0.2) is 0 Å². The Morgan fingerprint density at radius 3 is 2.06 bits per heavy atom. The highest BCUT2D eigenvalue weighted by molar-refractivity contribution is 6.21. The number of fused-ring (bicyclic) bond motifs is 1. The average Bonchev–Trinajstić information content (AvgIpc) is 3.01. The molecule has 5 amide bonds. The third-order valence-corrected chi connectivity index (χ3v) is 4.79. The van der Waals surface area contributed by atoms with E-state index in [0.717, 1.165) is 5.56 Å². The van der Waals surface area contributed by atoms with Crippen molar-refractivity contribution in [2.24, 2.45) is 5.73 Å². The van der Waals surface area contributed by atoms with E-state index in [1.165, 1.54) is 4.90 Å². The van der Waals surface area contributed by atoms with Gasteiger partial charge in [0.1, 0.15) is 0 Å². The summed E-state index contributed by atoms with van der Waals surface area (Å²) in [5.74, 6) is -1.92. The molecule has 0 bridgehead atoms. The van der Waals surface area contributed by atoms with E-state index >= 15 is 0 Å². The van der Waals surface area contributed by atoms with Gasteiger partial charge in [0, 0.05) is 25.1 Å². The van der Waals surface area contributed by atoms with Gasteiger partial charge in [-0.3, -0.25) is 28.9 Å². The summed E-state index contributed by atoms with van der Waals surface area (Å²) in [6, 6.07) is 13.2. The lowest BCUT2D eigenvalue weighted by atomic mass is 10.1. The Bertz CT molecular complexity index is 997. The molecule has 0 radical (unpaired) electrons. The third-order valence-electron chi connectivity index (χ3n) is 4.79. The molecule has 0 saturated carbocycles. The molecule has 0 aromatic heterocycles. The summed E-state index contributed by atoms with van der Waals surface area (Å²) in [7, 11) is 0. The predicted molar refractivity (Wildman–Crippen MR) is 111 cm³/mol. The number of carbonyl (C=O) groups excluding carboxylic acids is 5. The molecule has 1 aliphatic rings. The van der Waals surface area contributed by atoms with Gasteiger partial charge in [-0.05, 0) is 36.2 Å². The minimum absolute atomic E-state index is 0.168. The normalized spacial score (nSPS) is 12.5. The van der Waals surface area contributed by atoms with Crippen LogP contribution in [-0.2, 0) is 16.1 Å². The molecule has 0 fully saturated rings. The minimum Gasteiger partial charge on any atom is -0.368 e. The maximum Gasteiger partial charge on any atom is 0.261 e. The van der Waals surface area contributed by atoms with Crippen LogP contribution in [-0.4, -0.2) is 47.5 Å². The number of imide groups is 1. The van der Waals surface area contributed by atoms with Crippen molar-refractivity contribution >= 4 is 29.5 Å². The predicted octanol–water partition coefficient (Wildman–Crippen LogP) is 0.594. The van der Waals surface area contributed by atoms with Gasteiger partial charge in [-0.25, -0.2) is 0 Å². The largest absolute Gasteiger partial charge is 0.368 e. The highest BCUT2D eigenvalue weighted by atomic mass is 16.2. The van der Waals surface area contributed by atoms with Crippen molar-refractivity contribution in [3.05, 3.63) is 70.8 Å². The van der Waals surface area contributed by atoms with E-state index < -0.39 is 11.8 Å². The second kappa shape index (κ2) is 9.66. The van der Waals surface area contributed by atoms with Crippen LogP contribution < -0.4 is 16.4 Å². The van der Waals surface area contributed by atoms with Crippen LogP contribution in [0.1, 0.15) is 49.5 Å². The molecule has 9 nitrogen and oxygen atoms in total. The molecule has 2 aromatic carbocycles. The van der Waals surface area contributed by atoms with Gasteiger partial charge in [-0.2, -0.15) is 0 Å². The van der Waals surface area contributed by atoms with Crippen molar-refractivity contribution in [1.29, 1.82) is 0 Å². The first-order chi connectivity index (χ1) is 14.9. The van der Waals surface area contributed by atoms with Gasteiger partial charge >= 0.3 is 0 Å². The summed E-state index contributed by atoms with van der Waals surface area (Å²) < 4.78 is 0. The number of benzene rings is 2. The second-order valence-corrected chi connectivity index (χ2v) is 7.03. The molecule has 0 saturated heterocycles. The quantitative estimate of drug-likeness (QED) is 0.508. The van der Waals surface area contributed by atoms with E-state index in [0.29, 0.717) is 23.1 Å². The molecule has 1 aliphatic heterocycles. The summed E-state index contributed by atoms with van der Waals surface area (Å²) in [4.78, 5) is 60.4. The Kier molecular flexibility index (Phi) is 6.76. The Labute approximate surface area is 178 Å². The first kappa shape index (κ1) is 21.7. The van der Waals surface area contributed by atoms with Crippen LogP contribution >= 0.6 is 0 Å². The Hall–Kier alpha value is -4.01. The topological polar surface area (TPSA) is 139 Å². The lowest BCUT2D eigenvalue weighted by Gasteiger charge is -2.13. The number of hydrogen-bond donors (Lipinski definition) is 3. The van der Waals surface area contributed by atoms with Crippen LogP contribution in [0.25, 0.3) is 0 Å². The van der Waals surface area contributed by atoms with Crippen molar-refractivity contribution in [3.63, 3.8) is 0 Å². The summed E-state index contributed by atoms with van der Waals surface area (Å²) in [6.07, 6.45) is 0.525. The van der Waals surface area contributed by atoms with Crippen LogP contribution in [0.4, 0.5) is 0 Å². The molecule has 2 aromatic rings. The fourth-order valence-electron chi connectivity index (χ4n) is 3.17. The number of amides is 5. The third kappa shape index (κ3) is 5.33. The fourth-order valence-corrected chi connectivity index (χ4v) is 3.17. The van der Waals surface area contributed by atoms with Crippen molar-refractivity contribution < 1.29 is 24.0 Å². The maximum atomic E-state index is 12.3. The van der Waals surface area contributed by atoms with Crippen molar-refractivity contribution in [2.45, 2.75) is 19.4 Å². The summed E-state index contributed by atoms with van der Waals surface area (Å²) in [5.41, 5.74) is 6.93. The van der Waals surface area contributed by atoms with Crippen molar-refractivity contribution in [1.82, 2.24) is 15.5 Å². The number of hydrogen-bond acceptors (Lipinski definition) is 5. The zero-order valence-electron chi connectivity index (χ0n) is 16.7. The molecule has 160 valence electrons. The lowest BCUT2D eigenvalue weighted by Crippen LogP contribution is -2.33. The minimum atomic E-state index is -0.629. The van der Waals surface area contributed by atoms with Gasteiger partial charge in [-0.15, -0.1) is 0 Å². The SMILES string of the molecule is NC(=O)CNC(=O)c1ccc(CNC(=O)CCCN2C(=O)c3ccccc3C2=O)cc1. The smallest absolute Gasteiger partial charge is 0.261 e. The number of rotatable bonds is 9. The molecular weight excluding hydrogens is 400 g/mol. The van der Waals surface area contributed by atoms with Crippen molar-refractivity contribution in [3.8, 4) is 0 Å². The Balaban J connectivity index is 1.41. The van der Waals surface area contributed by atoms with Crippen LogP contribution in [0, 0.1) is 0 Å². The van der Waals surface area contributed by atoms with Gasteiger partial charge in [0.05, 0.1) is 17.7 Å². The van der Waals surface area contributed by atoms with E-state index in [1.807, 2.05) is 0 Å². The van der Waals surface area contributed by atoms with Crippen molar-refractivity contribution in [2.75, 3.05) is 13.1 Å². The molecular formula is C22H22N4O5. The molecule has 0 aliphatic carbocycles. The highest BCUT2D eigenvalue weighted by Crippen LogP contribution is 2.22. The number of carbonyl (C=O) groups is 5. The molecule has 0 unspecified atom stereocenters. The first-order valence-corrected chi connectivity index (χ1v) is 9.74. The van der Waals surface area contributed by atoms with Gasteiger partial charge in [0.2, 0.25) is 11.8 Å².